The van der Waals surface area contributed by atoms with Gasteiger partial charge in [0, 0.05) is 16.1 Å². The highest BCUT2D eigenvalue weighted by atomic mass is 35.5. The Labute approximate surface area is 225 Å². The molecule has 0 aromatic heterocycles. The molecule has 1 aliphatic heterocycles. The lowest BCUT2D eigenvalue weighted by molar-refractivity contribution is -0.139. The molecule has 1 aliphatic carbocycles. The number of rotatable bonds is 5. The van der Waals surface area contributed by atoms with E-state index in [1.165, 1.54) is 7.11 Å². The van der Waals surface area contributed by atoms with Crippen molar-refractivity contribution in [3.8, 4) is 0 Å². The van der Waals surface area contributed by atoms with Gasteiger partial charge in [-0.1, -0.05) is 68.2 Å². The normalized spacial score (nSPS) is 27.8. The van der Waals surface area contributed by atoms with Crippen LogP contribution in [0, 0.1) is 11.3 Å². The van der Waals surface area contributed by atoms with Gasteiger partial charge in [0.1, 0.15) is 6.23 Å². The third-order valence-electron chi connectivity index (χ3n) is 8.24. The van der Waals surface area contributed by atoms with Gasteiger partial charge in [0.25, 0.3) is 0 Å². The molecule has 36 heavy (non-hydrogen) atoms. The summed E-state index contributed by atoms with van der Waals surface area (Å²) in [6.07, 6.45) is 3.56. The lowest BCUT2D eigenvalue weighted by Crippen LogP contribution is -2.56. The van der Waals surface area contributed by atoms with Crippen LogP contribution in [0.15, 0.2) is 42.5 Å². The molecule has 2 N–H and O–H groups in total. The molecule has 2 aromatic carbocycles. The fraction of sp³-hybridized carbons (Fsp3) is 0.552. The molecule has 7 heteroatoms. The highest BCUT2D eigenvalue weighted by Gasteiger charge is 2.54. The Morgan fingerprint density at radius 1 is 1.14 bits per heavy atom. The van der Waals surface area contributed by atoms with E-state index in [9.17, 15) is 9.90 Å². The Balaban J connectivity index is 1.66. The predicted molar refractivity (Wildman–Crippen MR) is 145 cm³/mol. The second-order valence-electron chi connectivity index (χ2n) is 11.5. The van der Waals surface area contributed by atoms with Gasteiger partial charge in [0.15, 0.2) is 0 Å². The number of aliphatic hydroxyl groups excluding tert-OH is 1. The van der Waals surface area contributed by atoms with E-state index in [1.807, 2.05) is 36.4 Å². The SMILES string of the molecule is COC(=O)Cc1ccc([C@@H](C)N2C(O)C(c3cc(Cl)cc(Cl)c3)NC23CCC(C(C)(C)C)CC3)cc1. The second kappa shape index (κ2) is 10.6. The number of hydrogen-bond acceptors (Lipinski definition) is 5. The summed E-state index contributed by atoms with van der Waals surface area (Å²) in [6.45, 7) is 9.10. The van der Waals surface area contributed by atoms with Crippen LogP contribution in [0.2, 0.25) is 10.0 Å². The maximum absolute atomic E-state index is 11.8. The monoisotopic (exact) mass is 532 g/mol. The second-order valence-corrected chi connectivity index (χ2v) is 12.4. The van der Waals surface area contributed by atoms with Crippen LogP contribution in [0.25, 0.3) is 0 Å². The number of hydrogen-bond donors (Lipinski definition) is 2. The fourth-order valence-corrected chi connectivity index (χ4v) is 6.68. The molecule has 1 spiro atoms. The van der Waals surface area contributed by atoms with E-state index < -0.39 is 6.23 Å². The van der Waals surface area contributed by atoms with E-state index >= 15 is 0 Å². The van der Waals surface area contributed by atoms with Gasteiger partial charge in [0.2, 0.25) is 0 Å². The summed E-state index contributed by atoms with van der Waals surface area (Å²) >= 11 is 12.7. The van der Waals surface area contributed by atoms with Gasteiger partial charge in [-0.3, -0.25) is 15.0 Å². The molecule has 0 amide bonds. The van der Waals surface area contributed by atoms with Crippen molar-refractivity contribution in [3.63, 3.8) is 0 Å². The maximum Gasteiger partial charge on any atom is 0.309 e. The number of ether oxygens (including phenoxy) is 1. The molecule has 5 nitrogen and oxygen atoms in total. The standard InChI is InChI=1S/C29H38Cl2N2O3/c1-18(20-8-6-19(7-9-20)14-25(34)36-5)33-27(35)26(21-15-23(30)17-24(31)16-21)32-29(33)12-10-22(11-13-29)28(2,3)4/h6-9,15-18,22,26-27,32,35H,10-14H2,1-5H3/t18-,22?,26?,27?,29?/m1/s1. The molecular formula is C29H38Cl2N2O3. The number of methoxy groups -OCH3 is 1. The molecule has 2 fully saturated rings. The summed E-state index contributed by atoms with van der Waals surface area (Å²) in [5.74, 6) is 0.379. The molecule has 2 aromatic rings. The molecule has 1 saturated heterocycles. The van der Waals surface area contributed by atoms with Gasteiger partial charge in [-0.25, -0.2) is 0 Å². The molecule has 2 aliphatic rings. The van der Waals surface area contributed by atoms with E-state index in [2.05, 4.69) is 37.9 Å². The molecular weight excluding hydrogens is 495 g/mol. The van der Waals surface area contributed by atoms with Crippen LogP contribution in [0.5, 0.6) is 0 Å². The molecule has 1 heterocycles. The van der Waals surface area contributed by atoms with Gasteiger partial charge in [0.05, 0.1) is 25.2 Å². The van der Waals surface area contributed by atoms with Crippen molar-refractivity contribution in [2.24, 2.45) is 11.3 Å². The number of esters is 1. The van der Waals surface area contributed by atoms with Crippen molar-refractivity contribution >= 4 is 29.2 Å². The van der Waals surface area contributed by atoms with Crippen molar-refractivity contribution in [1.29, 1.82) is 0 Å². The van der Waals surface area contributed by atoms with Crippen LogP contribution in [0.4, 0.5) is 0 Å². The minimum atomic E-state index is -0.754. The number of benzene rings is 2. The molecule has 3 atom stereocenters. The summed E-state index contributed by atoms with van der Waals surface area (Å²) in [7, 11) is 1.40. The van der Waals surface area contributed by atoms with Crippen LogP contribution in [0.3, 0.4) is 0 Å². The van der Waals surface area contributed by atoms with E-state index in [0.29, 0.717) is 16.0 Å². The van der Waals surface area contributed by atoms with E-state index in [4.69, 9.17) is 27.9 Å². The quantitative estimate of drug-likeness (QED) is 0.421. The average molecular weight is 534 g/mol. The number of aliphatic hydroxyl groups is 1. The highest BCUT2D eigenvalue weighted by molar-refractivity contribution is 6.34. The first-order valence-corrected chi connectivity index (χ1v) is 13.5. The Morgan fingerprint density at radius 3 is 2.25 bits per heavy atom. The maximum atomic E-state index is 11.8. The number of halogens is 2. The van der Waals surface area contributed by atoms with Crippen LogP contribution in [-0.2, 0) is 16.0 Å². The Hall–Kier alpha value is -1.63. The topological polar surface area (TPSA) is 61.8 Å². The zero-order chi connectivity index (χ0) is 26.3. The molecule has 196 valence electrons. The predicted octanol–water partition coefficient (Wildman–Crippen LogP) is 6.67. The van der Waals surface area contributed by atoms with Crippen molar-refractivity contribution in [2.45, 2.75) is 83.8 Å². The number of carbonyl (C=O) groups is 1. The minimum absolute atomic E-state index is 0.0504. The first-order chi connectivity index (χ1) is 16.9. The van der Waals surface area contributed by atoms with E-state index in [1.54, 1.807) is 6.07 Å². The van der Waals surface area contributed by atoms with Gasteiger partial charge in [-0.15, -0.1) is 0 Å². The van der Waals surface area contributed by atoms with Crippen molar-refractivity contribution in [1.82, 2.24) is 10.2 Å². The summed E-state index contributed by atoms with van der Waals surface area (Å²) < 4.78 is 4.80. The van der Waals surface area contributed by atoms with Crippen molar-refractivity contribution in [2.75, 3.05) is 7.11 Å². The number of nitrogens with zero attached hydrogens (tertiary/aromatic N) is 1. The van der Waals surface area contributed by atoms with Crippen molar-refractivity contribution in [3.05, 3.63) is 69.2 Å². The average Bonchev–Trinajstić information content (AvgIpc) is 3.09. The molecule has 4 rings (SSSR count). The lowest BCUT2D eigenvalue weighted by Gasteiger charge is -2.49. The van der Waals surface area contributed by atoms with Crippen molar-refractivity contribution < 1.29 is 14.6 Å². The van der Waals surface area contributed by atoms with Crippen LogP contribution >= 0.6 is 23.2 Å². The third kappa shape index (κ3) is 5.61. The smallest absolute Gasteiger partial charge is 0.309 e. The summed E-state index contributed by atoms with van der Waals surface area (Å²) in [4.78, 5) is 13.9. The molecule has 0 bridgehead atoms. The third-order valence-corrected chi connectivity index (χ3v) is 8.68. The summed E-state index contributed by atoms with van der Waals surface area (Å²) in [5.41, 5.74) is 2.80. The van der Waals surface area contributed by atoms with Gasteiger partial charge >= 0.3 is 5.97 Å². The van der Waals surface area contributed by atoms with Crippen LogP contribution in [-0.4, -0.2) is 35.0 Å². The Bertz CT molecular complexity index is 1050. The molecule has 2 unspecified atom stereocenters. The molecule has 1 saturated carbocycles. The Morgan fingerprint density at radius 2 is 1.72 bits per heavy atom. The molecule has 0 radical (unpaired) electrons. The number of nitrogens with one attached hydrogen (secondary N) is 1. The zero-order valence-electron chi connectivity index (χ0n) is 21.9. The fourth-order valence-electron chi connectivity index (χ4n) is 6.14. The van der Waals surface area contributed by atoms with Gasteiger partial charge < -0.3 is 9.84 Å². The summed E-state index contributed by atoms with van der Waals surface area (Å²) in [5, 5.41) is 16.7. The highest BCUT2D eigenvalue weighted by Crippen LogP contribution is 2.50. The first-order valence-electron chi connectivity index (χ1n) is 12.8. The van der Waals surface area contributed by atoms with E-state index in [0.717, 1.165) is 42.4 Å². The number of carbonyl (C=O) groups excluding carboxylic acids is 1. The van der Waals surface area contributed by atoms with Crippen LogP contribution in [0.1, 0.15) is 82.2 Å². The minimum Gasteiger partial charge on any atom is -0.469 e. The lowest BCUT2D eigenvalue weighted by atomic mass is 9.69. The Kier molecular flexibility index (Phi) is 8.09. The first kappa shape index (κ1) is 27.4. The largest absolute Gasteiger partial charge is 0.469 e. The van der Waals surface area contributed by atoms with Crippen LogP contribution < -0.4 is 5.32 Å². The summed E-state index contributed by atoms with van der Waals surface area (Å²) in [6, 6.07) is 13.2. The van der Waals surface area contributed by atoms with Gasteiger partial charge in [-0.2, -0.15) is 0 Å². The zero-order valence-corrected chi connectivity index (χ0v) is 23.4. The van der Waals surface area contributed by atoms with E-state index in [-0.39, 0.29) is 35.6 Å². The van der Waals surface area contributed by atoms with Gasteiger partial charge in [-0.05, 0) is 78.8 Å².